The molecule has 0 heterocycles. The summed E-state index contributed by atoms with van der Waals surface area (Å²) in [6.45, 7) is 1.92. The van der Waals surface area contributed by atoms with Gasteiger partial charge in [-0.15, -0.1) is 0 Å². The van der Waals surface area contributed by atoms with Gasteiger partial charge in [-0.25, -0.2) is 0 Å². The van der Waals surface area contributed by atoms with E-state index in [1.54, 1.807) is 0 Å². The van der Waals surface area contributed by atoms with Crippen LogP contribution >= 0.6 is 0 Å². The van der Waals surface area contributed by atoms with Crippen LogP contribution in [-0.4, -0.2) is 11.2 Å². The zero-order valence-corrected chi connectivity index (χ0v) is 8.90. The first-order valence-electron chi connectivity index (χ1n) is 5.38. The van der Waals surface area contributed by atoms with Gasteiger partial charge in [0.25, 0.3) is 0 Å². The monoisotopic (exact) mass is 201 g/mol. The second-order valence-electron chi connectivity index (χ2n) is 4.31. The Morgan fingerprint density at radius 1 is 1.40 bits per heavy atom. The lowest BCUT2D eigenvalue weighted by Gasteiger charge is -2.25. The molecule has 0 saturated carbocycles. The van der Waals surface area contributed by atoms with Gasteiger partial charge in [0.15, 0.2) is 0 Å². The third-order valence-electron chi connectivity index (χ3n) is 3.38. The molecule has 0 aliphatic heterocycles. The molecule has 0 spiro atoms. The summed E-state index contributed by atoms with van der Waals surface area (Å²) in [6, 6.07) is 10.4. The molecule has 1 aromatic rings. The highest BCUT2D eigenvalue weighted by atomic mass is 16.3. The molecule has 78 valence electrons. The van der Waals surface area contributed by atoms with Crippen LogP contribution in [0.2, 0.25) is 0 Å². The molecule has 2 nitrogen and oxygen atoms in total. The smallest absolute Gasteiger partial charge is 0.0912 e. The molecule has 0 saturated heterocycles. The Morgan fingerprint density at radius 3 is 2.33 bits per heavy atom. The SMILES string of the molecule is CCC(O)C1(C#N)Cc2ccccc2C1. The van der Waals surface area contributed by atoms with Crippen molar-refractivity contribution in [1.29, 1.82) is 5.26 Å². The Labute approximate surface area is 90.2 Å². The molecule has 1 atom stereocenters. The van der Waals surface area contributed by atoms with Crippen LogP contribution in [-0.2, 0) is 12.8 Å². The summed E-state index contributed by atoms with van der Waals surface area (Å²) in [6.07, 6.45) is 1.50. The second kappa shape index (κ2) is 3.67. The summed E-state index contributed by atoms with van der Waals surface area (Å²) < 4.78 is 0. The van der Waals surface area contributed by atoms with Crippen molar-refractivity contribution in [3.8, 4) is 6.07 Å². The van der Waals surface area contributed by atoms with Crippen molar-refractivity contribution in [3.63, 3.8) is 0 Å². The first-order valence-corrected chi connectivity index (χ1v) is 5.38. The van der Waals surface area contributed by atoms with E-state index in [2.05, 4.69) is 18.2 Å². The van der Waals surface area contributed by atoms with Crippen molar-refractivity contribution in [2.75, 3.05) is 0 Å². The van der Waals surface area contributed by atoms with Gasteiger partial charge < -0.3 is 5.11 Å². The molecule has 0 amide bonds. The Hall–Kier alpha value is -1.33. The van der Waals surface area contributed by atoms with Crippen LogP contribution in [0.4, 0.5) is 0 Å². The van der Waals surface area contributed by atoms with Gasteiger partial charge in [0, 0.05) is 0 Å². The largest absolute Gasteiger partial charge is 0.391 e. The molecule has 1 unspecified atom stereocenters. The normalized spacial score (nSPS) is 19.3. The lowest BCUT2D eigenvalue weighted by molar-refractivity contribution is 0.0665. The number of hydrogen-bond donors (Lipinski definition) is 1. The van der Waals surface area contributed by atoms with E-state index in [9.17, 15) is 10.4 Å². The molecule has 1 N–H and O–H groups in total. The van der Waals surface area contributed by atoms with E-state index in [1.165, 1.54) is 11.1 Å². The maximum absolute atomic E-state index is 9.96. The van der Waals surface area contributed by atoms with Crippen molar-refractivity contribution in [2.45, 2.75) is 32.3 Å². The van der Waals surface area contributed by atoms with Crippen LogP contribution < -0.4 is 0 Å². The number of hydrogen-bond acceptors (Lipinski definition) is 2. The molecular weight excluding hydrogens is 186 g/mol. The standard InChI is InChI=1S/C13H15NO/c1-2-12(15)13(9-14)7-10-5-3-4-6-11(10)8-13/h3-6,12,15H,2,7-8H2,1H3. The maximum Gasteiger partial charge on any atom is 0.0912 e. The van der Waals surface area contributed by atoms with Gasteiger partial charge in [-0.1, -0.05) is 31.2 Å². The molecule has 0 fully saturated rings. The third-order valence-corrected chi connectivity index (χ3v) is 3.38. The summed E-state index contributed by atoms with van der Waals surface area (Å²) in [7, 11) is 0. The van der Waals surface area contributed by atoms with E-state index in [0.717, 1.165) is 0 Å². The molecule has 2 heteroatoms. The fraction of sp³-hybridized carbons (Fsp3) is 0.462. The minimum Gasteiger partial charge on any atom is -0.391 e. The van der Waals surface area contributed by atoms with Crippen molar-refractivity contribution in [1.82, 2.24) is 0 Å². The first-order chi connectivity index (χ1) is 7.22. The topological polar surface area (TPSA) is 44.0 Å². The highest BCUT2D eigenvalue weighted by Crippen LogP contribution is 2.40. The minimum absolute atomic E-state index is 0.519. The highest BCUT2D eigenvalue weighted by Gasteiger charge is 2.42. The van der Waals surface area contributed by atoms with E-state index in [-0.39, 0.29) is 0 Å². The van der Waals surface area contributed by atoms with Crippen LogP contribution in [0.15, 0.2) is 24.3 Å². The zero-order chi connectivity index (χ0) is 10.9. The Bertz CT molecular complexity index is 380. The summed E-state index contributed by atoms with van der Waals surface area (Å²) in [5.74, 6) is 0. The number of nitriles is 1. The molecule has 1 aliphatic carbocycles. The number of benzene rings is 1. The molecular formula is C13H15NO. The predicted molar refractivity (Wildman–Crippen MR) is 58.2 cm³/mol. The molecule has 15 heavy (non-hydrogen) atoms. The lowest BCUT2D eigenvalue weighted by Crippen LogP contribution is -2.34. The molecule has 0 bridgehead atoms. The molecule has 1 aliphatic rings. The fourth-order valence-electron chi connectivity index (χ4n) is 2.42. The predicted octanol–water partition coefficient (Wildman–Crippen LogP) is 2.07. The van der Waals surface area contributed by atoms with Crippen molar-refractivity contribution >= 4 is 0 Å². The number of aliphatic hydroxyl groups excluding tert-OH is 1. The zero-order valence-electron chi connectivity index (χ0n) is 8.90. The van der Waals surface area contributed by atoms with Crippen molar-refractivity contribution < 1.29 is 5.11 Å². The fourth-order valence-corrected chi connectivity index (χ4v) is 2.42. The Balaban J connectivity index is 2.34. The quantitative estimate of drug-likeness (QED) is 0.796. The van der Waals surface area contributed by atoms with E-state index in [1.807, 2.05) is 19.1 Å². The van der Waals surface area contributed by atoms with Gasteiger partial charge in [-0.2, -0.15) is 5.26 Å². The van der Waals surface area contributed by atoms with Crippen LogP contribution in [0.3, 0.4) is 0 Å². The van der Waals surface area contributed by atoms with E-state index in [4.69, 9.17) is 0 Å². The van der Waals surface area contributed by atoms with Crippen molar-refractivity contribution in [3.05, 3.63) is 35.4 Å². The van der Waals surface area contributed by atoms with Gasteiger partial charge in [-0.3, -0.25) is 0 Å². The second-order valence-corrected chi connectivity index (χ2v) is 4.31. The molecule has 1 aromatic carbocycles. The number of fused-ring (bicyclic) bond motifs is 1. The van der Waals surface area contributed by atoms with Gasteiger partial charge >= 0.3 is 0 Å². The highest BCUT2D eigenvalue weighted by molar-refractivity contribution is 5.37. The van der Waals surface area contributed by atoms with E-state index in [0.29, 0.717) is 19.3 Å². The van der Waals surface area contributed by atoms with Crippen LogP contribution in [0.1, 0.15) is 24.5 Å². The van der Waals surface area contributed by atoms with Gasteiger partial charge in [0.05, 0.1) is 17.6 Å². The summed E-state index contributed by atoms with van der Waals surface area (Å²) in [5, 5.41) is 19.2. The lowest BCUT2D eigenvalue weighted by atomic mass is 9.79. The first kappa shape index (κ1) is 10.2. The number of aliphatic hydroxyl groups is 1. The van der Waals surface area contributed by atoms with Gasteiger partial charge in [0.1, 0.15) is 0 Å². The summed E-state index contributed by atoms with van der Waals surface area (Å²) >= 11 is 0. The number of nitrogens with zero attached hydrogens (tertiary/aromatic N) is 1. The Kier molecular flexibility index (Phi) is 2.50. The molecule has 0 radical (unpaired) electrons. The molecule has 0 aromatic heterocycles. The van der Waals surface area contributed by atoms with Crippen molar-refractivity contribution in [2.24, 2.45) is 5.41 Å². The van der Waals surface area contributed by atoms with Crippen LogP contribution in [0.25, 0.3) is 0 Å². The number of rotatable bonds is 2. The minimum atomic E-state index is -0.585. The van der Waals surface area contributed by atoms with E-state index < -0.39 is 11.5 Å². The van der Waals surface area contributed by atoms with Gasteiger partial charge in [0.2, 0.25) is 0 Å². The summed E-state index contributed by atoms with van der Waals surface area (Å²) in [5.41, 5.74) is 1.84. The summed E-state index contributed by atoms with van der Waals surface area (Å²) in [4.78, 5) is 0. The van der Waals surface area contributed by atoms with Crippen LogP contribution in [0, 0.1) is 16.7 Å². The molecule has 2 rings (SSSR count). The van der Waals surface area contributed by atoms with Gasteiger partial charge in [-0.05, 0) is 30.4 Å². The average molecular weight is 201 g/mol. The maximum atomic E-state index is 9.96. The van der Waals surface area contributed by atoms with E-state index >= 15 is 0 Å². The van der Waals surface area contributed by atoms with Crippen LogP contribution in [0.5, 0.6) is 0 Å². The Morgan fingerprint density at radius 2 is 1.93 bits per heavy atom. The average Bonchev–Trinajstić information content (AvgIpc) is 2.67. The third kappa shape index (κ3) is 1.53.